The molecule has 2 nitrogen and oxygen atoms in total. The number of ether oxygens (including phenoxy) is 1. The first-order chi connectivity index (χ1) is 9.20. The Kier molecular flexibility index (Phi) is 4.58. The van der Waals surface area contributed by atoms with E-state index in [4.69, 9.17) is 10.5 Å². The van der Waals surface area contributed by atoms with Gasteiger partial charge in [-0.3, -0.25) is 0 Å². The molecule has 0 aliphatic rings. The highest BCUT2D eigenvalue weighted by atomic mass is 16.5. The monoisotopic (exact) mass is 255 g/mol. The van der Waals surface area contributed by atoms with E-state index in [0.29, 0.717) is 12.5 Å². The summed E-state index contributed by atoms with van der Waals surface area (Å²) in [5.41, 5.74) is 8.03. The molecule has 0 saturated heterocycles. The van der Waals surface area contributed by atoms with Crippen molar-refractivity contribution < 1.29 is 4.74 Å². The van der Waals surface area contributed by atoms with E-state index in [1.165, 1.54) is 5.56 Å². The van der Waals surface area contributed by atoms with Gasteiger partial charge < -0.3 is 10.5 Å². The minimum Gasteiger partial charge on any atom is -0.457 e. The molecule has 0 spiro atoms. The second kappa shape index (κ2) is 6.39. The van der Waals surface area contributed by atoms with Gasteiger partial charge in [0, 0.05) is 0 Å². The van der Waals surface area contributed by atoms with E-state index >= 15 is 0 Å². The van der Waals surface area contributed by atoms with Crippen molar-refractivity contribution in [3.05, 3.63) is 59.7 Å². The molecule has 0 aromatic heterocycles. The van der Waals surface area contributed by atoms with Crippen LogP contribution in [0.15, 0.2) is 48.5 Å². The lowest BCUT2D eigenvalue weighted by atomic mass is 9.98. The zero-order chi connectivity index (χ0) is 13.7. The summed E-state index contributed by atoms with van der Waals surface area (Å²) < 4.78 is 5.95. The van der Waals surface area contributed by atoms with E-state index in [0.717, 1.165) is 23.5 Å². The summed E-state index contributed by atoms with van der Waals surface area (Å²) in [6.45, 7) is 4.96. The summed E-state index contributed by atoms with van der Waals surface area (Å²) in [7, 11) is 0. The summed E-state index contributed by atoms with van der Waals surface area (Å²) in [5, 5.41) is 0. The Bertz CT molecular complexity index is 536. The maximum atomic E-state index is 5.95. The number of rotatable bonds is 5. The van der Waals surface area contributed by atoms with Crippen LogP contribution in [0, 0.1) is 6.92 Å². The van der Waals surface area contributed by atoms with Crippen LogP contribution >= 0.6 is 0 Å². The number of hydrogen-bond donors (Lipinski definition) is 1. The van der Waals surface area contributed by atoms with Crippen molar-refractivity contribution in [3.63, 3.8) is 0 Å². The van der Waals surface area contributed by atoms with Crippen LogP contribution in [0.3, 0.4) is 0 Å². The molecule has 0 bridgehead atoms. The molecule has 2 N–H and O–H groups in total. The molecule has 100 valence electrons. The van der Waals surface area contributed by atoms with Crippen LogP contribution in [0.1, 0.15) is 30.4 Å². The third kappa shape index (κ3) is 3.58. The lowest BCUT2D eigenvalue weighted by molar-refractivity contribution is 0.477. The fourth-order valence-corrected chi connectivity index (χ4v) is 2.10. The van der Waals surface area contributed by atoms with E-state index in [2.05, 4.69) is 32.0 Å². The van der Waals surface area contributed by atoms with Crippen LogP contribution in [-0.4, -0.2) is 6.54 Å². The summed E-state index contributed by atoms with van der Waals surface area (Å²) >= 11 is 0. The van der Waals surface area contributed by atoms with Crippen LogP contribution in [0.2, 0.25) is 0 Å². The molecule has 0 radical (unpaired) electrons. The predicted molar refractivity (Wildman–Crippen MR) is 79.8 cm³/mol. The van der Waals surface area contributed by atoms with Crippen LogP contribution in [0.5, 0.6) is 11.5 Å². The molecule has 2 aromatic carbocycles. The van der Waals surface area contributed by atoms with Gasteiger partial charge in [0.05, 0.1) is 0 Å². The second-order valence-electron chi connectivity index (χ2n) is 4.92. The Morgan fingerprint density at radius 3 is 2.63 bits per heavy atom. The van der Waals surface area contributed by atoms with Gasteiger partial charge in [0.15, 0.2) is 0 Å². The van der Waals surface area contributed by atoms with Crippen LogP contribution in [0.25, 0.3) is 0 Å². The molecule has 0 amide bonds. The summed E-state index contributed by atoms with van der Waals surface area (Å²) in [4.78, 5) is 0. The SMILES string of the molecule is Cc1ccccc1Oc1cccc(C(C)CCN)c1. The third-order valence-corrected chi connectivity index (χ3v) is 3.35. The quantitative estimate of drug-likeness (QED) is 0.867. The Labute approximate surface area is 115 Å². The number of benzene rings is 2. The molecule has 19 heavy (non-hydrogen) atoms. The maximum absolute atomic E-state index is 5.95. The maximum Gasteiger partial charge on any atom is 0.130 e. The Morgan fingerprint density at radius 1 is 1.11 bits per heavy atom. The van der Waals surface area contributed by atoms with Gasteiger partial charge in [-0.1, -0.05) is 37.3 Å². The lowest BCUT2D eigenvalue weighted by Gasteiger charge is -2.13. The Hall–Kier alpha value is -1.80. The van der Waals surface area contributed by atoms with E-state index in [-0.39, 0.29) is 0 Å². The molecule has 1 atom stereocenters. The van der Waals surface area contributed by atoms with Crippen molar-refractivity contribution in [3.8, 4) is 11.5 Å². The number of nitrogens with two attached hydrogens (primary N) is 1. The highest BCUT2D eigenvalue weighted by Crippen LogP contribution is 2.28. The van der Waals surface area contributed by atoms with Crippen molar-refractivity contribution in [2.45, 2.75) is 26.2 Å². The first kappa shape index (κ1) is 13.6. The summed E-state index contributed by atoms with van der Waals surface area (Å²) in [6, 6.07) is 16.3. The number of hydrogen-bond acceptors (Lipinski definition) is 2. The first-order valence-electron chi connectivity index (χ1n) is 6.74. The highest BCUT2D eigenvalue weighted by molar-refractivity contribution is 5.38. The molecule has 2 heteroatoms. The Morgan fingerprint density at radius 2 is 1.89 bits per heavy atom. The van der Waals surface area contributed by atoms with Crippen LogP contribution < -0.4 is 10.5 Å². The zero-order valence-corrected chi connectivity index (χ0v) is 11.6. The smallest absolute Gasteiger partial charge is 0.130 e. The largest absolute Gasteiger partial charge is 0.457 e. The van der Waals surface area contributed by atoms with Crippen molar-refractivity contribution in [2.75, 3.05) is 6.54 Å². The fourth-order valence-electron chi connectivity index (χ4n) is 2.10. The number of para-hydroxylation sites is 1. The molecule has 2 rings (SSSR count). The minimum atomic E-state index is 0.463. The second-order valence-corrected chi connectivity index (χ2v) is 4.92. The summed E-state index contributed by atoms with van der Waals surface area (Å²) in [5.74, 6) is 2.26. The lowest BCUT2D eigenvalue weighted by Crippen LogP contribution is -2.04. The van der Waals surface area contributed by atoms with Gasteiger partial charge in [-0.25, -0.2) is 0 Å². The third-order valence-electron chi connectivity index (χ3n) is 3.35. The fraction of sp³-hybridized carbons (Fsp3) is 0.294. The van der Waals surface area contributed by atoms with E-state index in [9.17, 15) is 0 Å². The van der Waals surface area contributed by atoms with E-state index in [1.807, 2.05) is 30.3 Å². The van der Waals surface area contributed by atoms with Gasteiger partial charge in [-0.15, -0.1) is 0 Å². The van der Waals surface area contributed by atoms with Crippen molar-refractivity contribution in [1.29, 1.82) is 0 Å². The average molecular weight is 255 g/mol. The standard InChI is InChI=1S/C17H21NO/c1-13(10-11-18)15-7-5-8-16(12-15)19-17-9-4-3-6-14(17)2/h3-9,12-13H,10-11,18H2,1-2H3. The Balaban J connectivity index is 2.18. The van der Waals surface area contributed by atoms with Gasteiger partial charge >= 0.3 is 0 Å². The van der Waals surface area contributed by atoms with Crippen molar-refractivity contribution in [1.82, 2.24) is 0 Å². The van der Waals surface area contributed by atoms with Crippen molar-refractivity contribution >= 4 is 0 Å². The molecule has 0 aliphatic heterocycles. The first-order valence-corrected chi connectivity index (χ1v) is 6.74. The highest BCUT2D eigenvalue weighted by Gasteiger charge is 2.06. The molecule has 0 aliphatic carbocycles. The van der Waals surface area contributed by atoms with Gasteiger partial charge in [0.25, 0.3) is 0 Å². The molecule has 0 saturated carbocycles. The predicted octanol–water partition coefficient (Wildman–Crippen LogP) is 4.24. The van der Waals surface area contributed by atoms with Gasteiger partial charge in [-0.2, -0.15) is 0 Å². The molecular formula is C17H21NO. The van der Waals surface area contributed by atoms with E-state index in [1.54, 1.807) is 0 Å². The normalized spacial score (nSPS) is 12.2. The van der Waals surface area contributed by atoms with Gasteiger partial charge in [0.1, 0.15) is 11.5 Å². The van der Waals surface area contributed by atoms with Crippen molar-refractivity contribution in [2.24, 2.45) is 5.73 Å². The average Bonchev–Trinajstić information content (AvgIpc) is 2.42. The molecule has 1 unspecified atom stereocenters. The van der Waals surface area contributed by atoms with Crippen LogP contribution in [-0.2, 0) is 0 Å². The summed E-state index contributed by atoms with van der Waals surface area (Å²) in [6.07, 6.45) is 0.994. The molecular weight excluding hydrogens is 234 g/mol. The van der Waals surface area contributed by atoms with E-state index < -0.39 is 0 Å². The number of aryl methyl sites for hydroxylation is 1. The zero-order valence-electron chi connectivity index (χ0n) is 11.6. The van der Waals surface area contributed by atoms with Crippen LogP contribution in [0.4, 0.5) is 0 Å². The molecule has 0 heterocycles. The minimum absolute atomic E-state index is 0.463. The topological polar surface area (TPSA) is 35.2 Å². The van der Waals surface area contributed by atoms with Gasteiger partial charge in [-0.05, 0) is 55.1 Å². The van der Waals surface area contributed by atoms with Gasteiger partial charge in [0.2, 0.25) is 0 Å². The molecule has 0 fully saturated rings. The molecule has 2 aromatic rings.